The van der Waals surface area contributed by atoms with Gasteiger partial charge in [-0.1, -0.05) is 6.07 Å². The molecule has 1 N–H and O–H groups in total. The number of hydrogen-bond acceptors (Lipinski definition) is 4. The summed E-state index contributed by atoms with van der Waals surface area (Å²) in [6, 6.07) is 7.06. The minimum atomic E-state index is -4.56. The van der Waals surface area contributed by atoms with Gasteiger partial charge >= 0.3 is 6.18 Å². The summed E-state index contributed by atoms with van der Waals surface area (Å²) in [5, 5.41) is 11.1. The van der Waals surface area contributed by atoms with Crippen LogP contribution in [-0.4, -0.2) is 45.7 Å². The van der Waals surface area contributed by atoms with Crippen molar-refractivity contribution in [3.05, 3.63) is 36.2 Å². The average Bonchev–Trinajstić information content (AvgIpc) is 2.88. The Morgan fingerprint density at radius 2 is 1.74 bits per heavy atom. The van der Waals surface area contributed by atoms with E-state index in [1.165, 1.54) is 43.2 Å². The molecule has 0 unspecified atom stereocenters. The van der Waals surface area contributed by atoms with E-state index in [9.17, 15) is 13.2 Å². The lowest BCUT2D eigenvalue weighted by molar-refractivity contribution is -0.140. The Kier molecular flexibility index (Phi) is 5.50. The van der Waals surface area contributed by atoms with Crippen LogP contribution in [0, 0.1) is 11.8 Å². The van der Waals surface area contributed by atoms with Crippen LogP contribution in [0.15, 0.2) is 30.5 Å². The van der Waals surface area contributed by atoms with Crippen molar-refractivity contribution in [2.75, 3.05) is 31.5 Å². The molecule has 2 aliphatic heterocycles. The first-order valence-electron chi connectivity index (χ1n) is 11.3. The number of anilines is 1. The number of alkyl halides is 3. The smallest absolute Gasteiger partial charge is 0.368 e. The average molecular weight is 432 g/mol. The third-order valence-electron chi connectivity index (χ3n) is 6.87. The summed E-state index contributed by atoms with van der Waals surface area (Å²) in [5.74, 6) is 2.16. The fraction of sp³-hybridized carbons (Fsp3) is 0.565. The van der Waals surface area contributed by atoms with Gasteiger partial charge < -0.3 is 14.6 Å². The number of fused-ring (bicyclic) bond motifs is 7. The van der Waals surface area contributed by atoms with E-state index in [2.05, 4.69) is 20.4 Å². The van der Waals surface area contributed by atoms with Crippen LogP contribution in [0.2, 0.25) is 0 Å². The van der Waals surface area contributed by atoms with E-state index in [-0.39, 0.29) is 5.52 Å². The number of unbranched alkanes of at least 4 members (excludes halogenated alkanes) is 1. The molecule has 6 rings (SSSR count). The Labute approximate surface area is 179 Å². The molecule has 5 nitrogen and oxygen atoms in total. The van der Waals surface area contributed by atoms with Crippen molar-refractivity contribution >= 4 is 22.2 Å². The van der Waals surface area contributed by atoms with Gasteiger partial charge in [0.15, 0.2) is 11.5 Å². The zero-order chi connectivity index (χ0) is 21.4. The molecule has 31 heavy (non-hydrogen) atoms. The number of halogens is 3. The van der Waals surface area contributed by atoms with Gasteiger partial charge in [0.25, 0.3) is 0 Å². The lowest BCUT2D eigenvalue weighted by Crippen LogP contribution is -2.29. The van der Waals surface area contributed by atoms with E-state index in [1.54, 1.807) is 24.4 Å². The second-order valence-corrected chi connectivity index (χ2v) is 9.08. The first kappa shape index (κ1) is 20.5. The summed E-state index contributed by atoms with van der Waals surface area (Å²) < 4.78 is 42.1. The summed E-state index contributed by atoms with van der Waals surface area (Å²) in [6.45, 7) is 4.22. The van der Waals surface area contributed by atoms with Crippen LogP contribution in [-0.2, 0) is 6.18 Å². The molecular formula is C23H28F3N5. The van der Waals surface area contributed by atoms with E-state index >= 15 is 0 Å². The quantitative estimate of drug-likeness (QED) is 0.544. The zero-order valence-corrected chi connectivity index (χ0v) is 17.5. The Morgan fingerprint density at radius 1 is 1.00 bits per heavy atom. The van der Waals surface area contributed by atoms with Crippen molar-refractivity contribution in [3.63, 3.8) is 0 Å². The lowest BCUT2D eigenvalue weighted by atomic mass is 9.84. The highest BCUT2D eigenvalue weighted by molar-refractivity contribution is 5.96. The normalized spacial score (nSPS) is 22.3. The third-order valence-corrected chi connectivity index (χ3v) is 6.87. The lowest BCUT2D eigenvalue weighted by Gasteiger charge is -2.22. The van der Waals surface area contributed by atoms with E-state index in [0.29, 0.717) is 23.3 Å². The molecule has 3 aromatic heterocycles. The number of aromatic nitrogens is 3. The standard InChI is InChI=1S/C23H28F3N5/c24-23(25,26)21-20-19(13-18-5-1-3-12-31(18)20)22(29-28-21)27-10-2-4-11-30-14-16-6-7-17(15-30)9-8-16/h1,3,5,12-13,16-17H,2,4,6-11,14-15H2,(H,27,29). The van der Waals surface area contributed by atoms with Crippen LogP contribution in [0.4, 0.5) is 19.0 Å². The maximum absolute atomic E-state index is 13.5. The molecule has 0 spiro atoms. The zero-order valence-electron chi connectivity index (χ0n) is 17.5. The van der Waals surface area contributed by atoms with Gasteiger partial charge in [0.1, 0.15) is 0 Å². The predicted octanol–water partition coefficient (Wildman–Crippen LogP) is 5.22. The van der Waals surface area contributed by atoms with E-state index in [0.717, 1.165) is 31.2 Å². The number of nitrogens with one attached hydrogen (secondary N) is 1. The van der Waals surface area contributed by atoms with Gasteiger partial charge in [0, 0.05) is 36.7 Å². The molecule has 3 aliphatic rings. The molecule has 0 radical (unpaired) electrons. The number of nitrogens with zero attached hydrogens (tertiary/aromatic N) is 4. The van der Waals surface area contributed by atoms with Crippen molar-refractivity contribution in [2.45, 2.75) is 44.7 Å². The van der Waals surface area contributed by atoms with Gasteiger partial charge in [0.05, 0.1) is 5.52 Å². The number of rotatable bonds is 6. The highest BCUT2D eigenvalue weighted by Gasteiger charge is 2.37. The van der Waals surface area contributed by atoms with Crippen LogP contribution in [0.5, 0.6) is 0 Å². The summed E-state index contributed by atoms with van der Waals surface area (Å²) in [5.41, 5.74) is -0.202. The molecule has 0 amide bonds. The van der Waals surface area contributed by atoms with Gasteiger partial charge in [-0.25, -0.2) is 0 Å². The Hall–Kier alpha value is -2.35. The van der Waals surface area contributed by atoms with Crippen molar-refractivity contribution in [3.8, 4) is 0 Å². The summed E-state index contributed by atoms with van der Waals surface area (Å²) >= 11 is 0. The molecule has 3 aromatic rings. The van der Waals surface area contributed by atoms with Gasteiger partial charge in [-0.15, -0.1) is 10.2 Å². The first-order chi connectivity index (χ1) is 15.0. The highest BCUT2D eigenvalue weighted by atomic mass is 19.4. The molecule has 2 bridgehead atoms. The van der Waals surface area contributed by atoms with Crippen molar-refractivity contribution in [1.29, 1.82) is 0 Å². The molecule has 166 valence electrons. The molecule has 0 aromatic carbocycles. The second kappa shape index (κ2) is 8.30. The van der Waals surface area contributed by atoms with Crippen LogP contribution in [0.25, 0.3) is 16.4 Å². The first-order valence-corrected chi connectivity index (χ1v) is 11.3. The molecule has 1 saturated carbocycles. The van der Waals surface area contributed by atoms with Crippen molar-refractivity contribution in [2.24, 2.45) is 11.8 Å². The van der Waals surface area contributed by atoms with Gasteiger partial charge in [-0.2, -0.15) is 13.2 Å². The van der Waals surface area contributed by atoms with Crippen molar-refractivity contribution < 1.29 is 13.2 Å². The Bertz CT molecular complexity index is 1040. The van der Waals surface area contributed by atoms with Crippen LogP contribution in [0.1, 0.15) is 44.2 Å². The molecule has 3 fully saturated rings. The molecular weight excluding hydrogens is 403 g/mol. The maximum atomic E-state index is 13.5. The van der Waals surface area contributed by atoms with Crippen LogP contribution >= 0.6 is 0 Å². The number of pyridine rings is 1. The third kappa shape index (κ3) is 4.22. The summed E-state index contributed by atoms with van der Waals surface area (Å²) in [4.78, 5) is 2.62. The Morgan fingerprint density at radius 3 is 2.45 bits per heavy atom. The van der Waals surface area contributed by atoms with Crippen LogP contribution in [0.3, 0.4) is 0 Å². The largest absolute Gasteiger partial charge is 0.437 e. The van der Waals surface area contributed by atoms with Crippen molar-refractivity contribution in [1.82, 2.24) is 19.5 Å². The second-order valence-electron chi connectivity index (χ2n) is 9.08. The molecule has 5 heterocycles. The van der Waals surface area contributed by atoms with E-state index in [4.69, 9.17) is 0 Å². The molecule has 1 aliphatic carbocycles. The summed E-state index contributed by atoms with van der Waals surface area (Å²) in [6.07, 6.45) is 4.64. The fourth-order valence-electron chi connectivity index (χ4n) is 5.32. The highest BCUT2D eigenvalue weighted by Crippen LogP contribution is 2.36. The number of hydrogen-bond donors (Lipinski definition) is 1. The van der Waals surface area contributed by atoms with Gasteiger partial charge in [-0.05, 0) is 75.1 Å². The fourth-order valence-corrected chi connectivity index (χ4v) is 5.32. The minimum Gasteiger partial charge on any atom is -0.368 e. The maximum Gasteiger partial charge on any atom is 0.437 e. The monoisotopic (exact) mass is 431 g/mol. The Balaban J connectivity index is 1.26. The van der Waals surface area contributed by atoms with Gasteiger partial charge in [-0.3, -0.25) is 0 Å². The predicted molar refractivity (Wildman–Crippen MR) is 115 cm³/mol. The summed E-state index contributed by atoms with van der Waals surface area (Å²) in [7, 11) is 0. The molecule has 2 saturated heterocycles. The van der Waals surface area contributed by atoms with Crippen LogP contribution < -0.4 is 5.32 Å². The van der Waals surface area contributed by atoms with E-state index < -0.39 is 11.9 Å². The van der Waals surface area contributed by atoms with E-state index in [1.807, 2.05) is 6.07 Å². The van der Waals surface area contributed by atoms with Gasteiger partial charge in [0.2, 0.25) is 0 Å². The SMILES string of the molecule is FC(F)(F)c1nnc(NCCCCN2CC3CCC(CC3)C2)c2cc3ccccn3c12. The molecule has 8 heteroatoms. The molecule has 0 atom stereocenters. The minimum absolute atomic E-state index is 0.0561. The topological polar surface area (TPSA) is 45.5 Å².